The van der Waals surface area contributed by atoms with Gasteiger partial charge >= 0.3 is 0 Å². The molecule has 3 heterocycles. The zero-order chi connectivity index (χ0) is 25.2. The number of fused-ring (bicyclic) bond motifs is 2. The number of hydrogen-bond acceptors (Lipinski definition) is 5. The van der Waals surface area contributed by atoms with Crippen molar-refractivity contribution in [3.63, 3.8) is 0 Å². The number of nitriles is 2. The molecular formula is C27H16ClFN6O. The van der Waals surface area contributed by atoms with Crippen LogP contribution < -0.4 is 5.32 Å². The molecule has 0 saturated heterocycles. The van der Waals surface area contributed by atoms with Gasteiger partial charge in [0.1, 0.15) is 18.0 Å². The minimum absolute atomic E-state index is 0.00972. The fourth-order valence-corrected chi connectivity index (χ4v) is 4.33. The average molecular weight is 495 g/mol. The van der Waals surface area contributed by atoms with Gasteiger partial charge in [0.25, 0.3) is 5.91 Å². The molecule has 2 N–H and O–H groups in total. The van der Waals surface area contributed by atoms with Gasteiger partial charge in [0.05, 0.1) is 27.1 Å². The molecule has 0 aliphatic carbocycles. The van der Waals surface area contributed by atoms with E-state index in [1.54, 1.807) is 36.4 Å². The van der Waals surface area contributed by atoms with Gasteiger partial charge in [-0.3, -0.25) is 14.8 Å². The van der Waals surface area contributed by atoms with Crippen molar-refractivity contribution in [2.75, 3.05) is 0 Å². The monoisotopic (exact) mass is 494 g/mol. The van der Waals surface area contributed by atoms with Crippen molar-refractivity contribution in [2.24, 2.45) is 0 Å². The summed E-state index contributed by atoms with van der Waals surface area (Å²) in [5.41, 5.74) is 3.99. The van der Waals surface area contributed by atoms with Crippen LogP contribution >= 0.6 is 11.6 Å². The molecule has 0 spiro atoms. The number of aromatic nitrogens is 3. The number of hydrogen-bond donors (Lipinski definition) is 2. The molecule has 0 bridgehead atoms. The number of benzene rings is 2. The molecule has 36 heavy (non-hydrogen) atoms. The fourth-order valence-electron chi connectivity index (χ4n) is 4.09. The topological polar surface area (TPSA) is 118 Å². The van der Waals surface area contributed by atoms with E-state index in [9.17, 15) is 14.4 Å². The first kappa shape index (κ1) is 23.0. The van der Waals surface area contributed by atoms with E-state index >= 15 is 0 Å². The lowest BCUT2D eigenvalue weighted by molar-refractivity contribution is 0.0950. The third-order valence-corrected chi connectivity index (χ3v) is 6.11. The van der Waals surface area contributed by atoms with Crippen LogP contribution in [-0.2, 0) is 13.0 Å². The summed E-state index contributed by atoms with van der Waals surface area (Å²) in [5, 5.41) is 22.7. The molecule has 1 amide bonds. The molecule has 174 valence electrons. The van der Waals surface area contributed by atoms with Crippen molar-refractivity contribution >= 4 is 39.3 Å². The maximum atomic E-state index is 14.8. The second-order valence-electron chi connectivity index (χ2n) is 8.16. The zero-order valence-electron chi connectivity index (χ0n) is 18.6. The van der Waals surface area contributed by atoms with Crippen LogP contribution in [0.3, 0.4) is 0 Å². The highest BCUT2D eigenvalue weighted by Crippen LogP contribution is 2.28. The Morgan fingerprint density at radius 2 is 1.97 bits per heavy atom. The molecule has 9 heteroatoms. The third-order valence-electron chi connectivity index (χ3n) is 5.81. The smallest absolute Gasteiger partial charge is 0.251 e. The predicted octanol–water partition coefficient (Wildman–Crippen LogP) is 5.17. The minimum atomic E-state index is -0.479. The number of amides is 1. The molecule has 0 saturated carbocycles. The lowest BCUT2D eigenvalue weighted by Crippen LogP contribution is -2.23. The van der Waals surface area contributed by atoms with Crippen molar-refractivity contribution in [2.45, 2.75) is 13.0 Å². The van der Waals surface area contributed by atoms with Crippen molar-refractivity contribution in [3.8, 4) is 12.1 Å². The summed E-state index contributed by atoms with van der Waals surface area (Å²) >= 11 is 6.06. The Hall–Kier alpha value is -4.79. The van der Waals surface area contributed by atoms with Crippen molar-refractivity contribution in [1.29, 1.82) is 10.5 Å². The summed E-state index contributed by atoms with van der Waals surface area (Å²) in [6.07, 6.45) is 4.84. The highest BCUT2D eigenvalue weighted by Gasteiger charge is 2.14. The summed E-state index contributed by atoms with van der Waals surface area (Å²) < 4.78 is 14.8. The predicted molar refractivity (Wildman–Crippen MR) is 133 cm³/mol. The van der Waals surface area contributed by atoms with E-state index in [4.69, 9.17) is 16.9 Å². The van der Waals surface area contributed by atoms with Crippen molar-refractivity contribution < 1.29 is 9.18 Å². The van der Waals surface area contributed by atoms with Gasteiger partial charge in [-0.15, -0.1) is 0 Å². The summed E-state index contributed by atoms with van der Waals surface area (Å²) in [6.45, 7) is -0.00972. The lowest BCUT2D eigenvalue weighted by atomic mass is 10.0. The van der Waals surface area contributed by atoms with Crippen molar-refractivity contribution in [1.82, 2.24) is 20.3 Å². The Labute approximate surface area is 209 Å². The number of halogens is 2. The van der Waals surface area contributed by atoms with E-state index in [2.05, 4.69) is 26.3 Å². The molecule has 3 aromatic heterocycles. The molecule has 5 rings (SSSR count). The van der Waals surface area contributed by atoms with Crippen LogP contribution in [0.5, 0.6) is 0 Å². The Morgan fingerprint density at radius 1 is 1.11 bits per heavy atom. The second kappa shape index (κ2) is 9.46. The standard InChI is InChI=1S/C27H16ClFN6O/c28-22-14-33-23-2-1-18(25(29)24(22)23)13-35-27(36)17-3-4-32-21(9-17)8-15-5-19-7-16(10-30)12-34-26(19)20(6-15)11-31/h1-7,9,12,14,33H,8,13H2,(H,35,36). The van der Waals surface area contributed by atoms with E-state index in [1.165, 1.54) is 18.6 Å². The molecule has 0 aliphatic heterocycles. The van der Waals surface area contributed by atoms with Gasteiger partial charge in [-0.05, 0) is 42.0 Å². The molecule has 0 aliphatic rings. The van der Waals surface area contributed by atoms with Crippen LogP contribution in [0, 0.1) is 28.5 Å². The summed E-state index contributed by atoms with van der Waals surface area (Å²) in [5.74, 6) is -0.856. The number of rotatable bonds is 5. The second-order valence-corrected chi connectivity index (χ2v) is 8.56. The number of nitrogens with one attached hydrogen (secondary N) is 2. The van der Waals surface area contributed by atoms with Crippen molar-refractivity contribution in [3.05, 3.63) is 105 Å². The van der Waals surface area contributed by atoms with Crippen LogP contribution in [0.25, 0.3) is 21.8 Å². The van der Waals surface area contributed by atoms with E-state index in [0.717, 1.165) is 5.56 Å². The molecule has 5 aromatic rings. The number of H-pyrrole nitrogens is 1. The number of carbonyl (C=O) groups excluding carboxylic acids is 1. The van der Waals surface area contributed by atoms with Gasteiger partial charge in [0.2, 0.25) is 0 Å². The molecule has 0 fully saturated rings. The molecule has 0 unspecified atom stereocenters. The minimum Gasteiger partial charge on any atom is -0.360 e. The third kappa shape index (κ3) is 4.34. The Bertz CT molecular complexity index is 1750. The lowest BCUT2D eigenvalue weighted by Gasteiger charge is -2.09. The van der Waals surface area contributed by atoms with E-state index < -0.39 is 5.82 Å². The Balaban J connectivity index is 1.35. The fraction of sp³-hybridized carbons (Fsp3) is 0.0741. The van der Waals surface area contributed by atoms with E-state index in [1.807, 2.05) is 12.1 Å². The maximum Gasteiger partial charge on any atom is 0.251 e. The van der Waals surface area contributed by atoms with Gasteiger partial charge in [-0.2, -0.15) is 10.5 Å². The highest BCUT2D eigenvalue weighted by atomic mass is 35.5. The van der Waals surface area contributed by atoms with Crippen LogP contribution in [0.2, 0.25) is 5.02 Å². The molecular weight excluding hydrogens is 479 g/mol. The summed E-state index contributed by atoms with van der Waals surface area (Å²) in [6, 6.07) is 16.0. The van der Waals surface area contributed by atoms with Gasteiger partial charge in [-0.1, -0.05) is 17.7 Å². The van der Waals surface area contributed by atoms with Crippen LogP contribution in [-0.4, -0.2) is 20.9 Å². The van der Waals surface area contributed by atoms with Gasteiger partial charge in [0.15, 0.2) is 0 Å². The zero-order valence-corrected chi connectivity index (χ0v) is 19.4. The van der Waals surface area contributed by atoms with Crippen LogP contribution in [0.1, 0.15) is 38.3 Å². The van der Waals surface area contributed by atoms with E-state index in [0.29, 0.717) is 56.2 Å². The molecule has 7 nitrogen and oxygen atoms in total. The van der Waals surface area contributed by atoms with E-state index in [-0.39, 0.29) is 17.5 Å². The summed E-state index contributed by atoms with van der Waals surface area (Å²) in [4.78, 5) is 24.3. The van der Waals surface area contributed by atoms with Crippen LogP contribution in [0.4, 0.5) is 4.39 Å². The number of aromatic amines is 1. The number of carbonyl (C=O) groups is 1. The van der Waals surface area contributed by atoms with Gasteiger partial charge < -0.3 is 10.3 Å². The normalized spacial score (nSPS) is 10.8. The molecule has 0 atom stereocenters. The first-order valence-electron chi connectivity index (χ1n) is 10.9. The maximum absolute atomic E-state index is 14.8. The highest BCUT2D eigenvalue weighted by molar-refractivity contribution is 6.35. The van der Waals surface area contributed by atoms with Gasteiger partial charge in [0, 0.05) is 59.3 Å². The quantitative estimate of drug-likeness (QED) is 0.349. The molecule has 0 radical (unpaired) electrons. The average Bonchev–Trinajstić information content (AvgIpc) is 3.28. The summed E-state index contributed by atoms with van der Waals surface area (Å²) in [7, 11) is 0. The first-order chi connectivity index (χ1) is 17.5. The SMILES string of the molecule is N#Cc1cnc2c(C#N)cc(Cc3cc(C(=O)NCc4ccc5[nH]cc(Cl)c5c4F)ccn3)cc2c1. The number of pyridine rings is 2. The Kier molecular flexibility index (Phi) is 6.03. The number of nitrogens with zero attached hydrogens (tertiary/aromatic N) is 4. The molecule has 2 aromatic carbocycles. The Morgan fingerprint density at radius 3 is 2.78 bits per heavy atom. The van der Waals surface area contributed by atoms with Crippen LogP contribution in [0.15, 0.2) is 61.1 Å². The first-order valence-corrected chi connectivity index (χ1v) is 11.2. The largest absolute Gasteiger partial charge is 0.360 e. The van der Waals surface area contributed by atoms with Gasteiger partial charge in [-0.25, -0.2) is 4.39 Å².